The lowest BCUT2D eigenvalue weighted by atomic mass is 9.65. The molecular weight excluding hydrogens is 731 g/mol. The summed E-state index contributed by atoms with van der Waals surface area (Å²) in [6.07, 6.45) is 7.62. The molecule has 4 aliphatic rings. The Morgan fingerprint density at radius 3 is 2.18 bits per heavy atom. The highest BCUT2D eigenvalue weighted by molar-refractivity contribution is 6.11. The Hall–Kier alpha value is -6.46. The van der Waals surface area contributed by atoms with Crippen molar-refractivity contribution in [1.82, 2.24) is 9.88 Å². The summed E-state index contributed by atoms with van der Waals surface area (Å²) in [6.45, 7) is 5.51. The molecule has 0 bridgehead atoms. The number of allylic oxidation sites excluding steroid dienone is 1. The van der Waals surface area contributed by atoms with Crippen LogP contribution in [0, 0.1) is 23.2 Å². The van der Waals surface area contributed by atoms with Crippen molar-refractivity contribution in [2.75, 3.05) is 12.4 Å². The number of para-hydroxylation sites is 2. The molecular formula is C55H51N5. The van der Waals surface area contributed by atoms with Gasteiger partial charge in [-0.3, -0.25) is 4.99 Å². The van der Waals surface area contributed by atoms with E-state index in [1.165, 1.54) is 51.8 Å². The van der Waals surface area contributed by atoms with Crippen LogP contribution in [-0.4, -0.2) is 23.3 Å². The molecule has 3 saturated carbocycles. The minimum atomic E-state index is 0.276. The second kappa shape index (κ2) is 14.7. The van der Waals surface area contributed by atoms with Crippen molar-refractivity contribution >= 4 is 40.0 Å². The zero-order valence-corrected chi connectivity index (χ0v) is 34.6. The number of nitrogens with zero attached hydrogens (tertiary/aromatic N) is 3. The zero-order valence-electron chi connectivity index (χ0n) is 34.6. The number of anilines is 2. The average molecular weight is 782 g/mol. The molecule has 5 heteroatoms. The first-order chi connectivity index (χ1) is 29.5. The standard InChI is InChI=1S/C55H51N5/c1-35-42(39-26-28-49(58-40-21-11-6-12-22-40)45(31-39)44-32-47-48-33-46(44)55(47,48)2)27-29-51-52(35)43-24-13-14-25-50(43)60(51)41-23-15-16-36(30-41)34-57-54(38-19-9-5-10-20-38)59-53(56-3)37-17-7-4-8-18-37/h4-31,35,42,44,46-48,58H,32-34H2,1-3H3,(H,56,57,59)/t35?,42?,44?,46-,47?,48?,55?/m0/s1. The lowest BCUT2D eigenvalue weighted by molar-refractivity contribution is 0.155. The van der Waals surface area contributed by atoms with E-state index in [1.807, 2.05) is 43.4 Å². The Morgan fingerprint density at radius 2 is 1.45 bits per heavy atom. The van der Waals surface area contributed by atoms with Crippen LogP contribution >= 0.6 is 0 Å². The summed E-state index contributed by atoms with van der Waals surface area (Å²) in [4.78, 5) is 10.2. The summed E-state index contributed by atoms with van der Waals surface area (Å²) in [7, 11) is 1.91. The van der Waals surface area contributed by atoms with Gasteiger partial charge in [-0.05, 0) is 113 Å². The predicted molar refractivity (Wildman–Crippen MR) is 249 cm³/mol. The van der Waals surface area contributed by atoms with Gasteiger partial charge >= 0.3 is 0 Å². The summed E-state index contributed by atoms with van der Waals surface area (Å²) in [5.74, 6) is 5.38. The van der Waals surface area contributed by atoms with Gasteiger partial charge in [0.25, 0.3) is 0 Å². The first kappa shape index (κ1) is 36.6. The van der Waals surface area contributed by atoms with Gasteiger partial charge < -0.3 is 15.2 Å². The maximum Gasteiger partial charge on any atom is 0.157 e. The maximum atomic E-state index is 5.15. The van der Waals surface area contributed by atoms with E-state index < -0.39 is 0 Å². The highest BCUT2D eigenvalue weighted by atomic mass is 15.0. The van der Waals surface area contributed by atoms with E-state index in [0.717, 1.165) is 51.7 Å². The van der Waals surface area contributed by atoms with E-state index in [9.17, 15) is 0 Å². The summed E-state index contributed by atoms with van der Waals surface area (Å²) in [5, 5.41) is 8.46. The Kier molecular flexibility index (Phi) is 8.95. The number of rotatable bonds is 9. The molecule has 296 valence electrons. The van der Waals surface area contributed by atoms with Crippen molar-refractivity contribution in [2.24, 2.45) is 33.2 Å². The number of benzene rings is 6. The van der Waals surface area contributed by atoms with Gasteiger partial charge in [-0.25, -0.2) is 4.99 Å². The number of nitrogens with one attached hydrogen (secondary N) is 2. The van der Waals surface area contributed by atoms with Gasteiger partial charge in [0.1, 0.15) is 5.84 Å². The molecule has 0 amide bonds. The van der Waals surface area contributed by atoms with Gasteiger partial charge in [0.15, 0.2) is 5.84 Å². The molecule has 6 aromatic carbocycles. The van der Waals surface area contributed by atoms with Crippen LogP contribution in [0.5, 0.6) is 0 Å². The van der Waals surface area contributed by atoms with E-state index in [4.69, 9.17) is 9.98 Å². The smallest absolute Gasteiger partial charge is 0.157 e. The van der Waals surface area contributed by atoms with Gasteiger partial charge in [0.2, 0.25) is 0 Å². The molecule has 11 rings (SSSR count). The van der Waals surface area contributed by atoms with Crippen LogP contribution in [-0.2, 0) is 6.54 Å². The number of amidine groups is 2. The third-order valence-electron chi connectivity index (χ3n) is 14.7. The molecule has 7 atom stereocenters. The maximum absolute atomic E-state index is 5.15. The molecule has 2 N–H and O–H groups in total. The molecule has 1 heterocycles. The van der Waals surface area contributed by atoms with Crippen molar-refractivity contribution in [3.05, 3.63) is 203 Å². The molecule has 0 spiro atoms. The normalized spacial score (nSPS) is 25.1. The lowest BCUT2D eigenvalue weighted by Gasteiger charge is -2.39. The average Bonchev–Trinajstić information content (AvgIpc) is 3.49. The fourth-order valence-electron chi connectivity index (χ4n) is 11.6. The Balaban J connectivity index is 0.936. The molecule has 3 fully saturated rings. The monoisotopic (exact) mass is 781 g/mol. The number of aromatic nitrogens is 1. The topological polar surface area (TPSA) is 53.7 Å². The van der Waals surface area contributed by atoms with Crippen LogP contribution in [0.1, 0.15) is 83.5 Å². The van der Waals surface area contributed by atoms with Crippen molar-refractivity contribution in [3.8, 4) is 5.69 Å². The Bertz CT molecular complexity index is 2820. The van der Waals surface area contributed by atoms with Crippen molar-refractivity contribution < 1.29 is 0 Å². The van der Waals surface area contributed by atoms with Crippen LogP contribution in [0.25, 0.3) is 22.7 Å². The molecule has 7 aromatic rings. The fourth-order valence-corrected chi connectivity index (χ4v) is 11.6. The zero-order chi connectivity index (χ0) is 40.4. The van der Waals surface area contributed by atoms with E-state index in [2.05, 4.69) is 163 Å². The molecule has 60 heavy (non-hydrogen) atoms. The molecule has 0 radical (unpaired) electrons. The fraction of sp³-hybridized carbons (Fsp3) is 0.236. The van der Waals surface area contributed by atoms with Crippen LogP contribution in [0.3, 0.4) is 0 Å². The number of hydrogen-bond donors (Lipinski definition) is 2. The summed E-state index contributed by atoms with van der Waals surface area (Å²) in [6, 6.07) is 56.4. The van der Waals surface area contributed by atoms with Gasteiger partial charge in [0.05, 0.1) is 17.8 Å². The first-order valence-corrected chi connectivity index (χ1v) is 21.8. The number of aliphatic imine (C=N–C) groups is 2. The minimum absolute atomic E-state index is 0.276. The molecule has 4 aliphatic carbocycles. The third kappa shape index (κ3) is 6.05. The number of hydrogen-bond acceptors (Lipinski definition) is 2. The van der Waals surface area contributed by atoms with Crippen molar-refractivity contribution in [3.63, 3.8) is 0 Å². The molecule has 1 aromatic heterocycles. The highest BCUT2D eigenvalue weighted by Crippen LogP contribution is 2.85. The molecule has 6 unspecified atom stereocenters. The Morgan fingerprint density at radius 1 is 0.733 bits per heavy atom. The van der Waals surface area contributed by atoms with Gasteiger partial charge in [-0.1, -0.05) is 141 Å². The molecule has 0 aliphatic heterocycles. The van der Waals surface area contributed by atoms with Gasteiger partial charge in [-0.15, -0.1) is 0 Å². The van der Waals surface area contributed by atoms with Crippen LogP contribution < -0.4 is 10.6 Å². The molecule has 0 saturated heterocycles. The van der Waals surface area contributed by atoms with Gasteiger partial charge in [-0.2, -0.15) is 0 Å². The summed E-state index contributed by atoms with van der Waals surface area (Å²) >= 11 is 0. The quantitative estimate of drug-likeness (QED) is 0.113. The van der Waals surface area contributed by atoms with E-state index in [0.29, 0.717) is 29.6 Å². The Labute approximate surface area is 353 Å². The SMILES string of the molecule is CN/C(=N\C(=N/Cc1cccc(-n2c3c(c4ccccc42)C(C)C(c2ccc(Nc4ccccc4)c(C4CC5C6C[C@@H]4C56C)c2)C=C3)c1)c1ccccc1)c1ccccc1. The first-order valence-electron chi connectivity index (χ1n) is 21.8. The van der Waals surface area contributed by atoms with Gasteiger partial charge in [0, 0.05) is 46.5 Å². The lowest BCUT2D eigenvalue weighted by Crippen LogP contribution is -2.30. The van der Waals surface area contributed by atoms with Crippen molar-refractivity contribution in [1.29, 1.82) is 0 Å². The minimum Gasteiger partial charge on any atom is -0.373 e. The highest BCUT2D eigenvalue weighted by Gasteiger charge is 2.78. The summed E-state index contributed by atoms with van der Waals surface area (Å²) < 4.78 is 2.46. The number of fused-ring (bicyclic) bond motifs is 4. The largest absolute Gasteiger partial charge is 0.373 e. The van der Waals surface area contributed by atoms with E-state index in [1.54, 1.807) is 0 Å². The second-order valence-corrected chi connectivity index (χ2v) is 17.7. The van der Waals surface area contributed by atoms with Crippen molar-refractivity contribution in [2.45, 2.75) is 51.0 Å². The van der Waals surface area contributed by atoms with E-state index in [-0.39, 0.29) is 5.92 Å². The van der Waals surface area contributed by atoms with Crippen LogP contribution in [0.2, 0.25) is 0 Å². The second-order valence-electron chi connectivity index (χ2n) is 17.7. The summed E-state index contributed by atoms with van der Waals surface area (Å²) in [5.41, 5.74) is 14.2. The molecule has 5 nitrogen and oxygen atoms in total. The predicted octanol–water partition coefficient (Wildman–Crippen LogP) is 12.7. The van der Waals surface area contributed by atoms with E-state index >= 15 is 0 Å². The van der Waals surface area contributed by atoms with Crippen LogP contribution in [0.15, 0.2) is 174 Å². The third-order valence-corrected chi connectivity index (χ3v) is 14.7. The van der Waals surface area contributed by atoms with Crippen LogP contribution in [0.4, 0.5) is 11.4 Å².